The number of anilines is 2. The van der Waals surface area contributed by atoms with Crippen LogP contribution in [0.25, 0.3) is 21.5 Å². The van der Waals surface area contributed by atoms with Crippen molar-refractivity contribution in [3.63, 3.8) is 0 Å². The Balaban J connectivity index is 1.74. The zero-order chi connectivity index (χ0) is 16.5. The summed E-state index contributed by atoms with van der Waals surface area (Å²) in [5, 5.41) is 11.1. The number of aromatic nitrogens is 2. The van der Waals surface area contributed by atoms with E-state index in [0.717, 1.165) is 10.8 Å². The predicted molar refractivity (Wildman–Crippen MR) is 93.9 cm³/mol. The van der Waals surface area contributed by atoms with Gasteiger partial charge in [0.1, 0.15) is 10.6 Å². The molecule has 3 N–H and O–H groups in total. The monoisotopic (exact) mass is 336 g/mol. The Bertz CT molecular complexity index is 1020. The van der Waals surface area contributed by atoms with Crippen molar-refractivity contribution in [2.45, 2.75) is 0 Å². The number of benzene rings is 2. The summed E-state index contributed by atoms with van der Waals surface area (Å²) in [6.45, 7) is 0. The van der Waals surface area contributed by atoms with E-state index in [0.29, 0.717) is 16.4 Å². The van der Waals surface area contributed by atoms with E-state index in [1.807, 2.05) is 42.5 Å². The van der Waals surface area contributed by atoms with Crippen LogP contribution in [0.4, 0.5) is 11.6 Å². The van der Waals surface area contributed by atoms with E-state index in [-0.39, 0.29) is 17.4 Å². The second-order valence-corrected chi connectivity index (χ2v) is 5.98. The molecule has 2 aromatic heterocycles. The Morgan fingerprint density at radius 1 is 1.17 bits per heavy atom. The van der Waals surface area contributed by atoms with E-state index in [2.05, 4.69) is 15.5 Å². The van der Waals surface area contributed by atoms with Crippen molar-refractivity contribution in [2.75, 3.05) is 11.1 Å². The van der Waals surface area contributed by atoms with Crippen LogP contribution in [0.3, 0.4) is 0 Å². The quantitative estimate of drug-likeness (QED) is 0.593. The van der Waals surface area contributed by atoms with Crippen molar-refractivity contribution in [1.82, 2.24) is 10.1 Å². The molecule has 0 unspecified atom stereocenters. The van der Waals surface area contributed by atoms with Gasteiger partial charge in [-0.3, -0.25) is 4.79 Å². The Morgan fingerprint density at radius 2 is 2.00 bits per heavy atom. The lowest BCUT2D eigenvalue weighted by molar-refractivity contribution is 0.102. The molecule has 0 radical (unpaired) electrons. The number of nitrogens with zero attached hydrogens (tertiary/aromatic N) is 2. The highest BCUT2D eigenvalue weighted by molar-refractivity contribution is 7.13. The SMILES string of the molecule is Nc1onc(-c2nccs2)c1C(=O)Nc1cccc2ccccc12. The van der Waals surface area contributed by atoms with Gasteiger partial charge in [-0.2, -0.15) is 0 Å². The number of thiazole rings is 1. The van der Waals surface area contributed by atoms with Crippen LogP contribution >= 0.6 is 11.3 Å². The molecule has 1 amide bonds. The van der Waals surface area contributed by atoms with Gasteiger partial charge < -0.3 is 15.6 Å². The summed E-state index contributed by atoms with van der Waals surface area (Å²) in [7, 11) is 0. The molecule has 0 aliphatic carbocycles. The minimum Gasteiger partial charge on any atom is -0.367 e. The number of nitrogens with one attached hydrogen (secondary N) is 1. The Labute approximate surface area is 140 Å². The molecule has 118 valence electrons. The lowest BCUT2D eigenvalue weighted by atomic mass is 10.1. The van der Waals surface area contributed by atoms with Crippen molar-refractivity contribution in [3.05, 3.63) is 59.6 Å². The van der Waals surface area contributed by atoms with Gasteiger partial charge in [0.25, 0.3) is 5.91 Å². The summed E-state index contributed by atoms with van der Waals surface area (Å²) < 4.78 is 5.00. The number of fused-ring (bicyclic) bond motifs is 1. The van der Waals surface area contributed by atoms with E-state index >= 15 is 0 Å². The maximum atomic E-state index is 12.7. The number of nitrogens with two attached hydrogens (primary N) is 1. The third-order valence-corrected chi connectivity index (χ3v) is 4.40. The molecular formula is C17H12N4O2S. The van der Waals surface area contributed by atoms with Crippen molar-refractivity contribution in [3.8, 4) is 10.7 Å². The third kappa shape index (κ3) is 2.40. The van der Waals surface area contributed by atoms with E-state index in [1.165, 1.54) is 11.3 Å². The lowest BCUT2D eigenvalue weighted by Gasteiger charge is -2.08. The van der Waals surface area contributed by atoms with Crippen LogP contribution in [-0.4, -0.2) is 16.0 Å². The number of amides is 1. The van der Waals surface area contributed by atoms with Crippen LogP contribution in [0.5, 0.6) is 0 Å². The van der Waals surface area contributed by atoms with Gasteiger partial charge in [0.15, 0.2) is 5.69 Å². The summed E-state index contributed by atoms with van der Waals surface area (Å²) in [5.41, 5.74) is 7.04. The molecule has 6 nitrogen and oxygen atoms in total. The molecule has 0 saturated heterocycles. The van der Waals surface area contributed by atoms with Gasteiger partial charge in [-0.1, -0.05) is 41.6 Å². The molecule has 4 rings (SSSR count). The number of hydrogen-bond donors (Lipinski definition) is 2. The zero-order valence-electron chi connectivity index (χ0n) is 12.4. The fraction of sp³-hybridized carbons (Fsp3) is 0. The van der Waals surface area contributed by atoms with Gasteiger partial charge in [0.05, 0.1) is 0 Å². The van der Waals surface area contributed by atoms with Crippen LogP contribution in [0.1, 0.15) is 10.4 Å². The molecule has 2 heterocycles. The van der Waals surface area contributed by atoms with Crippen LogP contribution in [0.2, 0.25) is 0 Å². The van der Waals surface area contributed by atoms with Crippen molar-refractivity contribution >= 4 is 39.6 Å². The highest BCUT2D eigenvalue weighted by Crippen LogP contribution is 2.30. The first kappa shape index (κ1) is 14.4. The van der Waals surface area contributed by atoms with Crippen molar-refractivity contribution < 1.29 is 9.32 Å². The van der Waals surface area contributed by atoms with Gasteiger partial charge in [-0.25, -0.2) is 4.98 Å². The molecule has 0 saturated carbocycles. The number of carbonyl (C=O) groups excluding carboxylic acids is 1. The molecule has 0 spiro atoms. The van der Waals surface area contributed by atoms with Crippen LogP contribution in [0.15, 0.2) is 58.6 Å². The maximum absolute atomic E-state index is 12.7. The predicted octanol–water partition coefficient (Wildman–Crippen LogP) is 3.79. The maximum Gasteiger partial charge on any atom is 0.263 e. The standard InChI is InChI=1S/C17H12N4O2S/c18-15-13(14(21-23-15)17-19-8-9-24-17)16(22)20-12-7-3-5-10-4-1-2-6-11(10)12/h1-9H,18H2,(H,20,22). The Hall–Kier alpha value is -3.19. The minimum absolute atomic E-state index is 0.0297. The molecule has 2 aromatic carbocycles. The first-order chi connectivity index (χ1) is 11.7. The first-order valence-electron chi connectivity index (χ1n) is 7.18. The normalized spacial score (nSPS) is 10.8. The zero-order valence-corrected chi connectivity index (χ0v) is 13.2. The second-order valence-electron chi connectivity index (χ2n) is 5.09. The van der Waals surface area contributed by atoms with Gasteiger partial charge in [0, 0.05) is 22.7 Å². The molecule has 0 aliphatic heterocycles. The fourth-order valence-corrected chi connectivity index (χ4v) is 3.15. The van der Waals surface area contributed by atoms with E-state index in [1.54, 1.807) is 11.6 Å². The summed E-state index contributed by atoms with van der Waals surface area (Å²) in [6.07, 6.45) is 1.64. The van der Waals surface area contributed by atoms with Gasteiger partial charge in [-0.15, -0.1) is 11.3 Å². The first-order valence-corrected chi connectivity index (χ1v) is 8.06. The highest BCUT2D eigenvalue weighted by atomic mass is 32.1. The Morgan fingerprint density at radius 3 is 2.83 bits per heavy atom. The molecule has 0 atom stereocenters. The van der Waals surface area contributed by atoms with Crippen LogP contribution in [0, 0.1) is 0 Å². The molecular weight excluding hydrogens is 324 g/mol. The number of hydrogen-bond acceptors (Lipinski definition) is 6. The largest absolute Gasteiger partial charge is 0.367 e. The third-order valence-electron chi connectivity index (χ3n) is 3.62. The molecule has 7 heteroatoms. The summed E-state index contributed by atoms with van der Waals surface area (Å²) in [6, 6.07) is 13.5. The number of rotatable bonds is 3. The second kappa shape index (κ2) is 5.78. The summed E-state index contributed by atoms with van der Waals surface area (Å²) in [5.74, 6) is -0.409. The average molecular weight is 336 g/mol. The van der Waals surface area contributed by atoms with E-state index in [4.69, 9.17) is 10.3 Å². The number of nitrogen functional groups attached to an aromatic ring is 1. The van der Waals surface area contributed by atoms with Crippen molar-refractivity contribution in [1.29, 1.82) is 0 Å². The molecule has 4 aromatic rings. The molecule has 0 fully saturated rings. The van der Waals surface area contributed by atoms with Crippen molar-refractivity contribution in [2.24, 2.45) is 0 Å². The van der Waals surface area contributed by atoms with E-state index in [9.17, 15) is 4.79 Å². The molecule has 0 bridgehead atoms. The fourth-order valence-electron chi connectivity index (χ4n) is 2.53. The highest BCUT2D eigenvalue weighted by Gasteiger charge is 2.24. The minimum atomic E-state index is -0.379. The topological polar surface area (TPSA) is 94.0 Å². The average Bonchev–Trinajstić information content (AvgIpc) is 3.24. The van der Waals surface area contributed by atoms with Gasteiger partial charge in [0.2, 0.25) is 5.88 Å². The van der Waals surface area contributed by atoms with Crippen LogP contribution in [-0.2, 0) is 0 Å². The summed E-state index contributed by atoms with van der Waals surface area (Å²) in [4.78, 5) is 16.9. The number of carbonyl (C=O) groups is 1. The van der Waals surface area contributed by atoms with E-state index < -0.39 is 0 Å². The summed E-state index contributed by atoms with van der Waals surface area (Å²) >= 11 is 1.36. The smallest absolute Gasteiger partial charge is 0.263 e. The van der Waals surface area contributed by atoms with Gasteiger partial charge in [-0.05, 0) is 11.5 Å². The Kier molecular flexibility index (Phi) is 3.47. The molecule has 24 heavy (non-hydrogen) atoms. The molecule has 0 aliphatic rings. The van der Waals surface area contributed by atoms with Gasteiger partial charge >= 0.3 is 0 Å². The van der Waals surface area contributed by atoms with Crippen LogP contribution < -0.4 is 11.1 Å². The lowest BCUT2D eigenvalue weighted by Crippen LogP contribution is -2.14.